The molecule has 5 nitrogen and oxygen atoms in total. The van der Waals surface area contributed by atoms with E-state index in [0.29, 0.717) is 0 Å². The van der Waals surface area contributed by atoms with Crippen molar-refractivity contribution in [1.29, 1.82) is 0 Å². The van der Waals surface area contributed by atoms with Crippen LogP contribution < -0.4 is 11.5 Å². The predicted octanol–water partition coefficient (Wildman–Crippen LogP) is -0.653. The van der Waals surface area contributed by atoms with Crippen LogP contribution in [0.4, 0.5) is 11.6 Å². The molecule has 0 unspecified atom stereocenters. The second-order valence-electron chi connectivity index (χ2n) is 1.49. The standard InChI is InChI=1S/C4H6N4O/c5-3-2(9)4(6)8-1-7-3/h1,9H,(H4,5,6,7,8). The summed E-state index contributed by atoms with van der Waals surface area (Å²) in [5.74, 6) is -0.248. The van der Waals surface area contributed by atoms with E-state index < -0.39 is 0 Å². The fraction of sp³-hybridized carbons (Fsp3) is 0. The van der Waals surface area contributed by atoms with Crippen LogP contribution in [0, 0.1) is 0 Å². The summed E-state index contributed by atoms with van der Waals surface area (Å²) < 4.78 is 0. The highest BCUT2D eigenvalue weighted by Gasteiger charge is 2.00. The maximum atomic E-state index is 8.83. The van der Waals surface area contributed by atoms with Crippen LogP contribution >= 0.6 is 0 Å². The highest BCUT2D eigenvalue weighted by Crippen LogP contribution is 2.20. The minimum Gasteiger partial charge on any atom is -0.502 e. The van der Waals surface area contributed by atoms with Gasteiger partial charge in [0, 0.05) is 0 Å². The molecule has 0 aliphatic rings. The number of hydrogen-bond acceptors (Lipinski definition) is 5. The first-order chi connectivity index (χ1) is 4.22. The van der Waals surface area contributed by atoms with Gasteiger partial charge in [-0.15, -0.1) is 0 Å². The lowest BCUT2D eigenvalue weighted by atomic mass is 10.5. The van der Waals surface area contributed by atoms with Crippen LogP contribution in [0.5, 0.6) is 5.75 Å². The average molecular weight is 126 g/mol. The maximum Gasteiger partial charge on any atom is 0.201 e. The summed E-state index contributed by atoms with van der Waals surface area (Å²) in [7, 11) is 0. The van der Waals surface area contributed by atoms with Crippen LogP contribution in [0.15, 0.2) is 6.33 Å². The van der Waals surface area contributed by atoms with E-state index in [1.54, 1.807) is 0 Å². The first kappa shape index (κ1) is 5.61. The van der Waals surface area contributed by atoms with Crippen molar-refractivity contribution in [1.82, 2.24) is 9.97 Å². The van der Waals surface area contributed by atoms with Crippen molar-refractivity contribution in [2.45, 2.75) is 0 Å². The molecule has 0 spiro atoms. The van der Waals surface area contributed by atoms with Gasteiger partial charge in [0.1, 0.15) is 6.33 Å². The van der Waals surface area contributed by atoms with Gasteiger partial charge < -0.3 is 16.6 Å². The Morgan fingerprint density at radius 2 is 1.67 bits per heavy atom. The zero-order valence-corrected chi connectivity index (χ0v) is 4.57. The smallest absolute Gasteiger partial charge is 0.201 e. The van der Waals surface area contributed by atoms with Crippen LogP contribution in [0.3, 0.4) is 0 Å². The average Bonchev–Trinajstić information content (AvgIpc) is 1.83. The van der Waals surface area contributed by atoms with E-state index >= 15 is 0 Å². The highest BCUT2D eigenvalue weighted by atomic mass is 16.3. The van der Waals surface area contributed by atoms with E-state index in [2.05, 4.69) is 9.97 Å². The molecule has 0 radical (unpaired) electrons. The monoisotopic (exact) mass is 126 g/mol. The summed E-state index contributed by atoms with van der Waals surface area (Å²) in [4.78, 5) is 6.95. The summed E-state index contributed by atoms with van der Waals surface area (Å²) in [6, 6.07) is 0. The van der Waals surface area contributed by atoms with Gasteiger partial charge in [0.15, 0.2) is 11.6 Å². The summed E-state index contributed by atoms with van der Waals surface area (Å²) in [5.41, 5.74) is 10.3. The van der Waals surface area contributed by atoms with E-state index in [9.17, 15) is 0 Å². The molecule has 0 atom stereocenters. The molecule has 0 aromatic carbocycles. The normalized spacial score (nSPS) is 9.33. The quantitative estimate of drug-likeness (QED) is 0.429. The molecule has 48 valence electrons. The Bertz CT molecular complexity index is 204. The minimum atomic E-state index is -0.252. The third kappa shape index (κ3) is 0.835. The van der Waals surface area contributed by atoms with Gasteiger partial charge in [0.2, 0.25) is 5.75 Å². The number of aromatic hydroxyl groups is 1. The van der Waals surface area contributed by atoms with Gasteiger partial charge in [-0.3, -0.25) is 0 Å². The second-order valence-corrected chi connectivity index (χ2v) is 1.49. The lowest BCUT2D eigenvalue weighted by molar-refractivity contribution is 0.476. The SMILES string of the molecule is Nc1ncnc(N)c1O. The molecule has 1 aromatic heterocycles. The number of aromatic nitrogens is 2. The lowest BCUT2D eigenvalue weighted by Gasteiger charge is -1.96. The number of rotatable bonds is 0. The van der Waals surface area contributed by atoms with Gasteiger partial charge in [-0.25, -0.2) is 9.97 Å². The van der Waals surface area contributed by atoms with Gasteiger partial charge >= 0.3 is 0 Å². The number of hydrogen-bond donors (Lipinski definition) is 3. The molecular formula is C4H6N4O. The first-order valence-corrected chi connectivity index (χ1v) is 2.26. The van der Waals surface area contributed by atoms with Crippen LogP contribution in [0.25, 0.3) is 0 Å². The number of nitrogens with zero attached hydrogens (tertiary/aromatic N) is 2. The highest BCUT2D eigenvalue weighted by molar-refractivity contribution is 5.57. The third-order valence-corrected chi connectivity index (χ3v) is 0.879. The summed E-state index contributed by atoms with van der Waals surface area (Å²) in [5, 5.41) is 8.83. The first-order valence-electron chi connectivity index (χ1n) is 2.26. The number of anilines is 2. The molecule has 1 rings (SSSR count). The van der Waals surface area contributed by atoms with E-state index in [4.69, 9.17) is 16.6 Å². The van der Waals surface area contributed by atoms with Crippen molar-refractivity contribution in [2.75, 3.05) is 11.5 Å². The summed E-state index contributed by atoms with van der Waals surface area (Å²) >= 11 is 0. The van der Waals surface area contributed by atoms with Crippen molar-refractivity contribution in [3.05, 3.63) is 6.33 Å². The molecular weight excluding hydrogens is 120 g/mol. The van der Waals surface area contributed by atoms with Crippen molar-refractivity contribution in [3.8, 4) is 5.75 Å². The molecule has 0 amide bonds. The molecule has 9 heavy (non-hydrogen) atoms. The molecule has 1 aromatic rings. The molecule has 1 heterocycles. The van der Waals surface area contributed by atoms with Crippen LogP contribution in [0.2, 0.25) is 0 Å². The van der Waals surface area contributed by atoms with Crippen LogP contribution in [-0.2, 0) is 0 Å². The molecule has 0 bridgehead atoms. The van der Waals surface area contributed by atoms with Crippen molar-refractivity contribution >= 4 is 11.6 Å². The minimum absolute atomic E-state index is 0.00231. The van der Waals surface area contributed by atoms with Gasteiger partial charge in [-0.05, 0) is 0 Å². The van der Waals surface area contributed by atoms with Crippen molar-refractivity contribution in [3.63, 3.8) is 0 Å². The van der Waals surface area contributed by atoms with E-state index in [-0.39, 0.29) is 17.4 Å². The summed E-state index contributed by atoms with van der Waals surface area (Å²) in [6.45, 7) is 0. The number of nitrogens with two attached hydrogens (primary N) is 2. The topological polar surface area (TPSA) is 98.0 Å². The molecule has 0 aliphatic carbocycles. The molecule has 0 fully saturated rings. The molecule has 5 heteroatoms. The van der Waals surface area contributed by atoms with Crippen LogP contribution in [0.1, 0.15) is 0 Å². The van der Waals surface area contributed by atoms with Gasteiger partial charge in [0.25, 0.3) is 0 Å². The van der Waals surface area contributed by atoms with Crippen molar-refractivity contribution < 1.29 is 5.11 Å². The fourth-order valence-corrected chi connectivity index (χ4v) is 0.407. The lowest BCUT2D eigenvalue weighted by Crippen LogP contribution is -1.96. The molecule has 5 N–H and O–H groups in total. The molecule has 0 aliphatic heterocycles. The Balaban J connectivity index is 3.25. The van der Waals surface area contributed by atoms with E-state index in [1.165, 1.54) is 6.33 Å². The zero-order valence-electron chi connectivity index (χ0n) is 4.57. The van der Waals surface area contributed by atoms with Gasteiger partial charge in [-0.2, -0.15) is 0 Å². The Morgan fingerprint density at radius 3 is 2.00 bits per heavy atom. The molecule has 0 saturated heterocycles. The van der Waals surface area contributed by atoms with Crippen molar-refractivity contribution in [2.24, 2.45) is 0 Å². The summed E-state index contributed by atoms with van der Waals surface area (Å²) in [6.07, 6.45) is 1.18. The Hall–Kier alpha value is -1.52. The number of nitrogen functional groups attached to an aromatic ring is 2. The van der Waals surface area contributed by atoms with E-state index in [1.807, 2.05) is 0 Å². The van der Waals surface area contributed by atoms with Gasteiger partial charge in [0.05, 0.1) is 0 Å². The molecule has 0 saturated carbocycles. The third-order valence-electron chi connectivity index (χ3n) is 0.879. The fourth-order valence-electron chi connectivity index (χ4n) is 0.407. The van der Waals surface area contributed by atoms with E-state index in [0.717, 1.165) is 0 Å². The Kier molecular flexibility index (Phi) is 1.11. The maximum absolute atomic E-state index is 8.83. The zero-order chi connectivity index (χ0) is 6.85. The Morgan fingerprint density at radius 1 is 1.22 bits per heavy atom. The predicted molar refractivity (Wildman–Crippen MR) is 32.5 cm³/mol. The van der Waals surface area contributed by atoms with Gasteiger partial charge in [-0.1, -0.05) is 0 Å². The largest absolute Gasteiger partial charge is 0.502 e. The second kappa shape index (κ2) is 1.77. The Labute approximate surface area is 51.3 Å². The van der Waals surface area contributed by atoms with Crippen LogP contribution in [-0.4, -0.2) is 15.1 Å².